The van der Waals surface area contributed by atoms with Crippen molar-refractivity contribution in [1.82, 2.24) is 0 Å². The van der Waals surface area contributed by atoms with Crippen molar-refractivity contribution in [3.05, 3.63) is 29.8 Å². The second-order valence-corrected chi connectivity index (χ2v) is 3.53. The molecule has 0 heterocycles. The van der Waals surface area contributed by atoms with Crippen LogP contribution >= 0.6 is 23.2 Å². The van der Waals surface area contributed by atoms with Crippen LogP contribution in [0.25, 0.3) is 6.08 Å². The number of carbonyl (C=O) groups excluding carboxylic acids is 1. The molecule has 3 N–H and O–H groups in total. The Labute approximate surface area is 107 Å². The third kappa shape index (κ3) is 8.12. The molecule has 92 valence electrons. The summed E-state index contributed by atoms with van der Waals surface area (Å²) in [5, 5.41) is 26.3. The molecule has 0 bridgehead atoms. The van der Waals surface area contributed by atoms with E-state index in [9.17, 15) is 4.79 Å². The minimum absolute atomic E-state index is 0.229. The molecule has 0 radical (unpaired) electrons. The maximum atomic E-state index is 10.1. The van der Waals surface area contributed by atoms with Crippen LogP contribution in [-0.2, 0) is 4.79 Å². The number of benzene rings is 1. The molecule has 0 fully saturated rings. The molecule has 5 nitrogen and oxygen atoms in total. The zero-order valence-corrected chi connectivity index (χ0v) is 9.81. The molecule has 0 saturated carbocycles. The minimum Gasteiger partial charge on any atom is -0.504 e. The van der Waals surface area contributed by atoms with Gasteiger partial charge < -0.3 is 15.3 Å². The molecule has 0 spiro atoms. The quantitative estimate of drug-likeness (QED) is 0.439. The Bertz CT molecular complexity index is 438. The Hall–Kier alpha value is -1.72. The van der Waals surface area contributed by atoms with Gasteiger partial charge in [-0.05, 0) is 47.0 Å². The fourth-order valence-electron chi connectivity index (χ4n) is 0.812. The van der Waals surface area contributed by atoms with Gasteiger partial charge in [0.05, 0.1) is 0 Å². The number of rotatable bonds is 2. The van der Waals surface area contributed by atoms with Crippen LogP contribution in [0.5, 0.6) is 11.5 Å². The fraction of sp³-hybridized carbons (Fsp3) is 0. The highest BCUT2D eigenvalue weighted by molar-refractivity contribution is 6.93. The van der Waals surface area contributed by atoms with E-state index in [-0.39, 0.29) is 11.5 Å². The Kier molecular flexibility index (Phi) is 6.77. The minimum atomic E-state index is -1.06. The summed E-state index contributed by atoms with van der Waals surface area (Å²) < 4.78 is -0.889. The molecule has 0 aliphatic rings. The average molecular weight is 279 g/mol. The first-order valence-corrected chi connectivity index (χ1v) is 4.86. The Balaban J connectivity index is 0.000000557. The molecule has 0 amide bonds. The predicted molar refractivity (Wildman–Crippen MR) is 63.5 cm³/mol. The first-order chi connectivity index (χ1) is 7.82. The summed E-state index contributed by atoms with van der Waals surface area (Å²) in [6.45, 7) is 0. The number of halogens is 2. The lowest BCUT2D eigenvalue weighted by atomic mass is 10.2. The smallest absolute Gasteiger partial charge is 0.328 e. The lowest BCUT2D eigenvalue weighted by Gasteiger charge is -1.97. The predicted octanol–water partition coefficient (Wildman–Crippen LogP) is 2.78. The highest BCUT2D eigenvalue weighted by Crippen LogP contribution is 2.25. The van der Waals surface area contributed by atoms with Gasteiger partial charge in [-0.15, -0.1) is 0 Å². The Morgan fingerprint density at radius 1 is 1.12 bits per heavy atom. The van der Waals surface area contributed by atoms with Gasteiger partial charge in [0, 0.05) is 6.08 Å². The van der Waals surface area contributed by atoms with Gasteiger partial charge >= 0.3 is 10.7 Å². The Morgan fingerprint density at radius 2 is 1.65 bits per heavy atom. The van der Waals surface area contributed by atoms with Crippen molar-refractivity contribution in [2.24, 2.45) is 0 Å². The number of carboxylic acid groups (broad SMARTS) is 1. The van der Waals surface area contributed by atoms with Crippen LogP contribution in [0.15, 0.2) is 24.3 Å². The number of aliphatic carboxylic acids is 1. The van der Waals surface area contributed by atoms with E-state index >= 15 is 0 Å². The summed E-state index contributed by atoms with van der Waals surface area (Å²) in [6, 6.07) is 4.06. The molecule has 17 heavy (non-hydrogen) atoms. The SMILES string of the molecule is O=C(Cl)Cl.O=C(O)/C=C/c1ccc(O)c(O)c1. The van der Waals surface area contributed by atoms with Gasteiger partial charge in [-0.1, -0.05) is 6.07 Å². The molecule has 0 saturated heterocycles. The summed E-state index contributed by atoms with van der Waals surface area (Å²) in [5.74, 6) is -1.56. The molecular formula is C10H8Cl2O5. The van der Waals surface area contributed by atoms with E-state index in [1.807, 2.05) is 0 Å². The van der Waals surface area contributed by atoms with Crippen molar-refractivity contribution in [2.45, 2.75) is 0 Å². The lowest BCUT2D eigenvalue weighted by Crippen LogP contribution is -1.85. The van der Waals surface area contributed by atoms with Gasteiger partial charge in [-0.3, -0.25) is 4.79 Å². The van der Waals surface area contributed by atoms with Gasteiger partial charge in [0.2, 0.25) is 0 Å². The molecule has 0 unspecified atom stereocenters. The van der Waals surface area contributed by atoms with Gasteiger partial charge in [0.25, 0.3) is 0 Å². The van der Waals surface area contributed by atoms with Crippen molar-refractivity contribution in [3.63, 3.8) is 0 Å². The summed E-state index contributed by atoms with van der Waals surface area (Å²) in [6.07, 6.45) is 2.27. The van der Waals surface area contributed by atoms with Crippen molar-refractivity contribution in [1.29, 1.82) is 0 Å². The first-order valence-electron chi connectivity index (χ1n) is 4.11. The van der Waals surface area contributed by atoms with E-state index in [2.05, 4.69) is 23.2 Å². The van der Waals surface area contributed by atoms with Gasteiger partial charge in [-0.2, -0.15) is 0 Å². The van der Waals surface area contributed by atoms with Crippen LogP contribution in [0, 0.1) is 0 Å². The summed E-state index contributed by atoms with van der Waals surface area (Å²) >= 11 is 8.80. The maximum absolute atomic E-state index is 10.1. The van der Waals surface area contributed by atoms with Gasteiger partial charge in [-0.25, -0.2) is 4.79 Å². The van der Waals surface area contributed by atoms with Crippen LogP contribution in [-0.4, -0.2) is 26.0 Å². The Morgan fingerprint density at radius 3 is 2.06 bits per heavy atom. The van der Waals surface area contributed by atoms with Crippen LogP contribution in [0.3, 0.4) is 0 Å². The molecule has 7 heteroatoms. The number of hydrogen-bond acceptors (Lipinski definition) is 4. The van der Waals surface area contributed by atoms with E-state index in [0.29, 0.717) is 5.56 Å². The van der Waals surface area contributed by atoms with Crippen LogP contribution < -0.4 is 0 Å². The zero-order chi connectivity index (χ0) is 13.4. The molecule has 0 aromatic heterocycles. The van der Waals surface area contributed by atoms with Crippen LogP contribution in [0.1, 0.15) is 5.56 Å². The standard InChI is InChI=1S/C9H8O4.CCl2O/c10-7-3-1-6(5-8(7)11)2-4-9(12)13;2-1(3)4/h1-5,10-11H,(H,12,13);/b4-2+;. The molecule has 0 atom stereocenters. The summed E-state index contributed by atoms with van der Waals surface area (Å²) in [5.41, 5.74) is 0.512. The second kappa shape index (κ2) is 7.54. The van der Waals surface area contributed by atoms with E-state index in [1.165, 1.54) is 24.3 Å². The number of phenolic OH excluding ortho intramolecular Hbond substituents is 2. The number of hydrogen-bond donors (Lipinski definition) is 3. The third-order valence-corrected chi connectivity index (χ3v) is 1.42. The molecule has 1 aromatic rings. The van der Waals surface area contributed by atoms with Crippen molar-refractivity contribution in [2.75, 3.05) is 0 Å². The van der Waals surface area contributed by atoms with E-state index in [4.69, 9.17) is 20.1 Å². The zero-order valence-electron chi connectivity index (χ0n) is 8.30. The number of phenols is 2. The third-order valence-electron chi connectivity index (χ3n) is 1.42. The largest absolute Gasteiger partial charge is 0.504 e. The number of carboxylic acids is 1. The highest BCUT2D eigenvalue weighted by Gasteiger charge is 1.97. The molecule has 0 aliphatic carbocycles. The summed E-state index contributed by atoms with van der Waals surface area (Å²) in [4.78, 5) is 19.1. The monoisotopic (exact) mass is 278 g/mol. The van der Waals surface area contributed by atoms with Crippen molar-refractivity contribution < 1.29 is 24.9 Å². The average Bonchev–Trinajstić information content (AvgIpc) is 2.19. The molecule has 0 aliphatic heterocycles. The fourth-order valence-corrected chi connectivity index (χ4v) is 0.812. The number of aromatic hydroxyl groups is 2. The second-order valence-electron chi connectivity index (χ2n) is 2.65. The first kappa shape index (κ1) is 15.3. The van der Waals surface area contributed by atoms with Gasteiger partial charge in [0.1, 0.15) is 0 Å². The molecule has 1 aromatic carbocycles. The van der Waals surface area contributed by atoms with Crippen molar-refractivity contribution >= 4 is 39.9 Å². The number of carbonyl (C=O) groups is 2. The van der Waals surface area contributed by atoms with E-state index < -0.39 is 10.7 Å². The highest BCUT2D eigenvalue weighted by atomic mass is 35.5. The van der Waals surface area contributed by atoms with Crippen molar-refractivity contribution in [3.8, 4) is 11.5 Å². The normalized spacial score (nSPS) is 9.53. The summed E-state index contributed by atoms with van der Waals surface area (Å²) in [7, 11) is 0. The van der Waals surface area contributed by atoms with Crippen LogP contribution in [0.4, 0.5) is 4.79 Å². The molecular weight excluding hydrogens is 271 g/mol. The molecule has 1 rings (SSSR count). The van der Waals surface area contributed by atoms with Crippen LogP contribution in [0.2, 0.25) is 0 Å². The maximum Gasteiger partial charge on any atom is 0.328 e. The van der Waals surface area contributed by atoms with Gasteiger partial charge in [0.15, 0.2) is 11.5 Å². The van der Waals surface area contributed by atoms with E-state index in [0.717, 1.165) is 6.08 Å². The van der Waals surface area contributed by atoms with E-state index in [1.54, 1.807) is 0 Å². The topological polar surface area (TPSA) is 94.8 Å². The lowest BCUT2D eigenvalue weighted by molar-refractivity contribution is -0.131.